The summed E-state index contributed by atoms with van der Waals surface area (Å²) < 4.78 is 5.54. The van der Waals surface area contributed by atoms with E-state index in [-0.39, 0.29) is 18.9 Å². The molecule has 3 rings (SSSR count). The number of aliphatic hydroxyl groups excluding tert-OH is 1. The Morgan fingerprint density at radius 1 is 0.963 bits per heavy atom. The summed E-state index contributed by atoms with van der Waals surface area (Å²) in [6.45, 7) is 0.385. The Labute approximate surface area is 163 Å². The third-order valence-corrected chi connectivity index (χ3v) is 4.24. The zero-order valence-electron chi connectivity index (χ0n) is 14.6. The van der Waals surface area contributed by atoms with Gasteiger partial charge in [0.2, 0.25) is 0 Å². The van der Waals surface area contributed by atoms with E-state index in [1.165, 1.54) is 0 Å². The fraction of sp³-hybridized carbons (Fsp3) is 0.136. The van der Waals surface area contributed by atoms with Crippen LogP contribution in [-0.4, -0.2) is 30.1 Å². The fourth-order valence-corrected chi connectivity index (χ4v) is 2.72. The van der Waals surface area contributed by atoms with Gasteiger partial charge in [-0.05, 0) is 36.4 Å². The summed E-state index contributed by atoms with van der Waals surface area (Å²) in [7, 11) is 0. The molecule has 0 aliphatic carbocycles. The van der Waals surface area contributed by atoms with E-state index in [0.29, 0.717) is 27.6 Å². The number of rotatable bonds is 8. The average Bonchev–Trinajstić information content (AvgIpc) is 2.72. The van der Waals surface area contributed by atoms with E-state index >= 15 is 0 Å². The van der Waals surface area contributed by atoms with Gasteiger partial charge in [0, 0.05) is 28.4 Å². The zero-order valence-corrected chi connectivity index (χ0v) is 15.4. The molecule has 0 aliphatic heterocycles. The SMILES string of the molecule is O=C(c1ccccc1)c1ccccc1NC[C@@H](O)COc1ccc(Cl)cc1. The molecule has 1 atom stereocenters. The molecule has 27 heavy (non-hydrogen) atoms. The number of benzene rings is 3. The van der Waals surface area contributed by atoms with Gasteiger partial charge in [-0.3, -0.25) is 4.79 Å². The Morgan fingerprint density at radius 3 is 2.37 bits per heavy atom. The number of carbonyl (C=O) groups excluding carboxylic acids is 1. The molecule has 0 spiro atoms. The van der Waals surface area contributed by atoms with Crippen LogP contribution in [0, 0.1) is 0 Å². The van der Waals surface area contributed by atoms with Gasteiger partial charge in [-0.15, -0.1) is 0 Å². The van der Waals surface area contributed by atoms with Crippen molar-refractivity contribution >= 4 is 23.1 Å². The fourth-order valence-electron chi connectivity index (χ4n) is 2.59. The molecule has 0 saturated carbocycles. The molecule has 2 N–H and O–H groups in total. The van der Waals surface area contributed by atoms with E-state index in [2.05, 4.69) is 5.32 Å². The maximum Gasteiger partial charge on any atom is 0.195 e. The lowest BCUT2D eigenvalue weighted by Gasteiger charge is -2.16. The molecular formula is C22H20ClNO3. The number of ether oxygens (including phenoxy) is 1. The molecule has 0 aliphatic rings. The first-order chi connectivity index (χ1) is 13.1. The highest BCUT2D eigenvalue weighted by atomic mass is 35.5. The van der Waals surface area contributed by atoms with Crippen molar-refractivity contribution in [1.82, 2.24) is 0 Å². The van der Waals surface area contributed by atoms with E-state index < -0.39 is 6.10 Å². The van der Waals surface area contributed by atoms with Crippen molar-refractivity contribution in [2.24, 2.45) is 0 Å². The molecule has 0 unspecified atom stereocenters. The van der Waals surface area contributed by atoms with Gasteiger partial charge in [-0.1, -0.05) is 54.1 Å². The Hall–Kier alpha value is -2.82. The van der Waals surface area contributed by atoms with Crippen LogP contribution in [-0.2, 0) is 0 Å². The van der Waals surface area contributed by atoms with Crippen LogP contribution in [0.2, 0.25) is 5.02 Å². The molecule has 4 nitrogen and oxygen atoms in total. The van der Waals surface area contributed by atoms with Gasteiger partial charge < -0.3 is 15.2 Å². The second-order valence-corrected chi connectivity index (χ2v) is 6.48. The summed E-state index contributed by atoms with van der Waals surface area (Å²) in [5.41, 5.74) is 1.87. The average molecular weight is 382 g/mol. The molecule has 3 aromatic rings. The first-order valence-corrected chi connectivity index (χ1v) is 9.00. The largest absolute Gasteiger partial charge is 0.491 e. The summed E-state index contributed by atoms with van der Waals surface area (Å²) in [5, 5.41) is 13.9. The standard InChI is InChI=1S/C22H20ClNO3/c23-17-10-12-19(13-11-17)27-15-18(25)14-24-21-9-5-4-8-20(21)22(26)16-6-2-1-3-7-16/h1-13,18,24-25H,14-15H2/t18-/m1/s1. The number of para-hydroxylation sites is 1. The number of ketones is 1. The summed E-state index contributed by atoms with van der Waals surface area (Å²) in [6.07, 6.45) is -0.736. The number of anilines is 1. The van der Waals surface area contributed by atoms with Crippen LogP contribution in [0.3, 0.4) is 0 Å². The molecule has 0 aromatic heterocycles. The lowest BCUT2D eigenvalue weighted by Crippen LogP contribution is -2.27. The van der Waals surface area contributed by atoms with Gasteiger partial charge in [0.1, 0.15) is 18.5 Å². The van der Waals surface area contributed by atoms with Crippen molar-refractivity contribution in [1.29, 1.82) is 0 Å². The molecule has 0 saturated heterocycles. The van der Waals surface area contributed by atoms with Crippen molar-refractivity contribution in [3.63, 3.8) is 0 Å². The minimum Gasteiger partial charge on any atom is -0.491 e. The smallest absolute Gasteiger partial charge is 0.195 e. The van der Waals surface area contributed by atoms with E-state index in [9.17, 15) is 9.90 Å². The van der Waals surface area contributed by atoms with Crippen LogP contribution in [0.1, 0.15) is 15.9 Å². The van der Waals surface area contributed by atoms with Gasteiger partial charge in [0.15, 0.2) is 5.78 Å². The highest BCUT2D eigenvalue weighted by Crippen LogP contribution is 2.20. The lowest BCUT2D eigenvalue weighted by atomic mass is 10.0. The number of aliphatic hydroxyl groups is 1. The Balaban J connectivity index is 1.59. The third-order valence-electron chi connectivity index (χ3n) is 3.99. The first-order valence-electron chi connectivity index (χ1n) is 8.62. The van der Waals surface area contributed by atoms with Crippen molar-refractivity contribution in [2.75, 3.05) is 18.5 Å². The topological polar surface area (TPSA) is 58.6 Å². The molecule has 0 fully saturated rings. The van der Waals surface area contributed by atoms with E-state index in [1.54, 1.807) is 42.5 Å². The molecule has 5 heteroatoms. The monoisotopic (exact) mass is 381 g/mol. The molecule has 138 valence electrons. The molecule has 0 bridgehead atoms. The lowest BCUT2D eigenvalue weighted by molar-refractivity contribution is 0.103. The Morgan fingerprint density at radius 2 is 1.63 bits per heavy atom. The van der Waals surface area contributed by atoms with Crippen LogP contribution < -0.4 is 10.1 Å². The molecule has 0 radical (unpaired) electrons. The van der Waals surface area contributed by atoms with Gasteiger partial charge in [0.05, 0.1) is 0 Å². The van der Waals surface area contributed by atoms with Crippen LogP contribution >= 0.6 is 11.6 Å². The van der Waals surface area contributed by atoms with Crippen molar-refractivity contribution in [2.45, 2.75) is 6.10 Å². The predicted octanol–water partition coefficient (Wildman–Crippen LogP) is 4.42. The first kappa shape index (κ1) is 19.0. The third kappa shape index (κ3) is 5.33. The minimum absolute atomic E-state index is 0.0643. The predicted molar refractivity (Wildman–Crippen MR) is 108 cm³/mol. The Kier molecular flexibility index (Phi) is 6.47. The molecule has 3 aromatic carbocycles. The normalized spacial score (nSPS) is 11.6. The second-order valence-electron chi connectivity index (χ2n) is 6.04. The second kappa shape index (κ2) is 9.21. The summed E-state index contributed by atoms with van der Waals surface area (Å²) in [6, 6.07) is 23.3. The van der Waals surface area contributed by atoms with E-state index in [0.717, 1.165) is 0 Å². The number of carbonyl (C=O) groups is 1. The number of hydrogen-bond donors (Lipinski definition) is 2. The highest BCUT2D eigenvalue weighted by molar-refractivity contribution is 6.30. The van der Waals surface area contributed by atoms with Gasteiger partial charge in [0.25, 0.3) is 0 Å². The van der Waals surface area contributed by atoms with Crippen molar-refractivity contribution < 1.29 is 14.6 Å². The van der Waals surface area contributed by atoms with Gasteiger partial charge in [-0.2, -0.15) is 0 Å². The number of nitrogens with one attached hydrogen (secondary N) is 1. The zero-order chi connectivity index (χ0) is 19.1. The van der Waals surface area contributed by atoms with E-state index in [4.69, 9.17) is 16.3 Å². The van der Waals surface area contributed by atoms with Crippen LogP contribution in [0.4, 0.5) is 5.69 Å². The van der Waals surface area contributed by atoms with E-state index in [1.807, 2.05) is 36.4 Å². The van der Waals surface area contributed by atoms with Gasteiger partial charge >= 0.3 is 0 Å². The summed E-state index contributed by atoms with van der Waals surface area (Å²) >= 11 is 5.83. The molecule has 0 heterocycles. The summed E-state index contributed by atoms with van der Waals surface area (Å²) in [5.74, 6) is 0.573. The quantitative estimate of drug-likeness (QED) is 0.567. The molecular weight excluding hydrogens is 362 g/mol. The highest BCUT2D eigenvalue weighted by Gasteiger charge is 2.14. The Bertz CT molecular complexity index is 882. The van der Waals surface area contributed by atoms with Crippen molar-refractivity contribution in [3.05, 3.63) is 95.0 Å². The minimum atomic E-state index is -0.736. The van der Waals surface area contributed by atoms with Crippen LogP contribution in [0.25, 0.3) is 0 Å². The molecule has 0 amide bonds. The number of halogens is 1. The van der Waals surface area contributed by atoms with Crippen LogP contribution in [0.15, 0.2) is 78.9 Å². The maximum absolute atomic E-state index is 12.7. The number of hydrogen-bond acceptors (Lipinski definition) is 4. The van der Waals surface area contributed by atoms with Crippen LogP contribution in [0.5, 0.6) is 5.75 Å². The maximum atomic E-state index is 12.7. The van der Waals surface area contributed by atoms with Gasteiger partial charge in [-0.25, -0.2) is 0 Å². The summed E-state index contributed by atoms with van der Waals surface area (Å²) in [4.78, 5) is 12.7. The van der Waals surface area contributed by atoms with Crippen molar-refractivity contribution in [3.8, 4) is 5.75 Å².